The highest BCUT2D eigenvalue weighted by atomic mass is 32.2. The number of esters is 3. The van der Waals surface area contributed by atoms with Gasteiger partial charge < -0.3 is 18.9 Å². The van der Waals surface area contributed by atoms with Crippen LogP contribution in [0.2, 0.25) is 0 Å². The zero-order valence-corrected chi connectivity index (χ0v) is 15.7. The van der Waals surface area contributed by atoms with Crippen LogP contribution in [0.3, 0.4) is 0 Å². The summed E-state index contributed by atoms with van der Waals surface area (Å²) in [7, 11) is 0. The second kappa shape index (κ2) is 9.00. The molecule has 26 heavy (non-hydrogen) atoms. The van der Waals surface area contributed by atoms with Gasteiger partial charge in [-0.1, -0.05) is 17.8 Å². The van der Waals surface area contributed by atoms with Crippen molar-refractivity contribution in [2.24, 2.45) is 0 Å². The van der Waals surface area contributed by atoms with Gasteiger partial charge in [0.05, 0.1) is 11.1 Å². The Bertz CT molecular complexity index is 654. The van der Waals surface area contributed by atoms with Crippen LogP contribution in [-0.4, -0.2) is 52.7 Å². The number of hydrogen-bond acceptors (Lipinski definition) is 9. The van der Waals surface area contributed by atoms with Crippen molar-refractivity contribution in [3.05, 3.63) is 24.4 Å². The highest BCUT2D eigenvalue weighted by Gasteiger charge is 2.50. The second-order valence-corrected chi connectivity index (χ2v) is 6.84. The lowest BCUT2D eigenvalue weighted by molar-refractivity contribution is -0.229. The summed E-state index contributed by atoms with van der Waals surface area (Å²) >= 11 is 1.23. The van der Waals surface area contributed by atoms with E-state index in [1.54, 1.807) is 25.3 Å². The van der Waals surface area contributed by atoms with Crippen molar-refractivity contribution < 1.29 is 33.3 Å². The summed E-state index contributed by atoms with van der Waals surface area (Å²) in [4.78, 5) is 38.8. The molecule has 0 aromatic carbocycles. The van der Waals surface area contributed by atoms with Crippen molar-refractivity contribution >= 4 is 29.7 Å². The van der Waals surface area contributed by atoms with E-state index in [2.05, 4.69) is 4.98 Å². The van der Waals surface area contributed by atoms with E-state index < -0.39 is 47.8 Å². The van der Waals surface area contributed by atoms with Crippen molar-refractivity contribution in [1.29, 1.82) is 0 Å². The molecule has 1 saturated heterocycles. The van der Waals surface area contributed by atoms with E-state index in [9.17, 15) is 14.4 Å². The highest BCUT2D eigenvalue weighted by Crippen LogP contribution is 2.36. The fourth-order valence-corrected chi connectivity index (χ4v) is 3.69. The molecule has 0 spiro atoms. The van der Waals surface area contributed by atoms with Crippen LogP contribution >= 0.6 is 11.8 Å². The van der Waals surface area contributed by atoms with Gasteiger partial charge in [-0.2, -0.15) is 0 Å². The lowest BCUT2D eigenvalue weighted by atomic mass is 10.00. The van der Waals surface area contributed by atoms with Crippen LogP contribution in [0, 0.1) is 0 Å². The number of nitrogens with zero attached hydrogens (tertiary/aromatic N) is 1. The quantitative estimate of drug-likeness (QED) is 0.555. The smallest absolute Gasteiger partial charge is 0.303 e. The first-order chi connectivity index (χ1) is 12.3. The van der Waals surface area contributed by atoms with Crippen molar-refractivity contribution in [3.8, 4) is 0 Å². The summed E-state index contributed by atoms with van der Waals surface area (Å²) < 4.78 is 21.9. The van der Waals surface area contributed by atoms with E-state index in [4.69, 9.17) is 18.9 Å². The van der Waals surface area contributed by atoms with E-state index >= 15 is 0 Å². The van der Waals surface area contributed by atoms with Crippen LogP contribution in [0.15, 0.2) is 29.4 Å². The molecule has 1 aromatic rings. The first kappa shape index (κ1) is 20.2. The molecular formula is C17H21NO7S. The second-order valence-electron chi connectivity index (χ2n) is 5.72. The van der Waals surface area contributed by atoms with Crippen LogP contribution in [0.25, 0.3) is 0 Å². The van der Waals surface area contributed by atoms with Gasteiger partial charge in [0.15, 0.2) is 18.3 Å². The van der Waals surface area contributed by atoms with Gasteiger partial charge in [-0.15, -0.1) is 0 Å². The molecule has 0 bridgehead atoms. The van der Waals surface area contributed by atoms with Crippen LogP contribution in [0.4, 0.5) is 0 Å². The molecular weight excluding hydrogens is 362 g/mol. The van der Waals surface area contributed by atoms with Gasteiger partial charge in [0.2, 0.25) is 0 Å². The summed E-state index contributed by atoms with van der Waals surface area (Å²) in [6.45, 7) is 5.41. The molecule has 1 aromatic heterocycles. The topological polar surface area (TPSA) is 101 Å². The summed E-state index contributed by atoms with van der Waals surface area (Å²) in [5, 5.41) is 0.648. The van der Waals surface area contributed by atoms with E-state index in [0.717, 1.165) is 0 Å². The van der Waals surface area contributed by atoms with Crippen molar-refractivity contribution in [2.45, 2.75) is 62.6 Å². The molecule has 0 N–H and O–H groups in total. The fourth-order valence-electron chi connectivity index (χ4n) is 2.60. The van der Waals surface area contributed by atoms with Crippen LogP contribution in [0.1, 0.15) is 27.7 Å². The monoisotopic (exact) mass is 383 g/mol. The molecule has 5 unspecified atom stereocenters. The van der Waals surface area contributed by atoms with Crippen LogP contribution in [0.5, 0.6) is 0 Å². The number of pyridine rings is 1. The summed E-state index contributed by atoms with van der Waals surface area (Å²) in [6, 6.07) is 5.37. The first-order valence-corrected chi connectivity index (χ1v) is 8.90. The maximum atomic E-state index is 11.6. The molecule has 142 valence electrons. The van der Waals surface area contributed by atoms with Gasteiger partial charge in [-0.3, -0.25) is 14.4 Å². The maximum Gasteiger partial charge on any atom is 0.303 e. The van der Waals surface area contributed by atoms with E-state index in [1.165, 1.54) is 32.5 Å². The van der Waals surface area contributed by atoms with E-state index in [-0.39, 0.29) is 0 Å². The van der Waals surface area contributed by atoms with Gasteiger partial charge >= 0.3 is 17.9 Å². The third-order valence-electron chi connectivity index (χ3n) is 3.51. The lowest BCUT2D eigenvalue weighted by Crippen LogP contribution is -2.59. The molecule has 0 radical (unpaired) electrons. The molecule has 1 fully saturated rings. The minimum Gasteiger partial charge on any atom is -0.456 e. The number of carbonyl (C=O) groups excluding carboxylic acids is 3. The minimum absolute atomic E-state index is 0.556. The molecule has 9 heteroatoms. The predicted molar refractivity (Wildman–Crippen MR) is 91.1 cm³/mol. The van der Waals surface area contributed by atoms with Crippen molar-refractivity contribution in [3.63, 3.8) is 0 Å². The SMILES string of the molecule is CC(=O)OC1C(C)OC(Sc2ccccn2)C(OC(C)=O)C1OC(C)=O. The van der Waals surface area contributed by atoms with Gasteiger partial charge in [0, 0.05) is 27.0 Å². The summed E-state index contributed by atoms with van der Waals surface area (Å²) in [5.74, 6) is -1.71. The van der Waals surface area contributed by atoms with Gasteiger partial charge in [0.1, 0.15) is 5.44 Å². The zero-order chi connectivity index (χ0) is 19.3. The molecule has 1 aliphatic rings. The molecule has 0 saturated carbocycles. The number of carbonyl (C=O) groups is 3. The van der Waals surface area contributed by atoms with Crippen LogP contribution < -0.4 is 0 Å². The third-order valence-corrected chi connectivity index (χ3v) is 4.60. The first-order valence-electron chi connectivity index (χ1n) is 8.02. The zero-order valence-electron chi connectivity index (χ0n) is 14.9. The van der Waals surface area contributed by atoms with Crippen molar-refractivity contribution in [2.75, 3.05) is 0 Å². The average Bonchev–Trinajstić information content (AvgIpc) is 2.54. The lowest BCUT2D eigenvalue weighted by Gasteiger charge is -2.43. The minimum atomic E-state index is -0.995. The normalized spacial score (nSPS) is 28.1. The van der Waals surface area contributed by atoms with Gasteiger partial charge in [0.25, 0.3) is 0 Å². The van der Waals surface area contributed by atoms with Crippen LogP contribution in [-0.2, 0) is 33.3 Å². The Hall–Kier alpha value is -2.13. The Kier molecular flexibility index (Phi) is 6.98. The summed E-state index contributed by atoms with van der Waals surface area (Å²) in [5.41, 5.74) is -0.694. The number of aromatic nitrogens is 1. The largest absolute Gasteiger partial charge is 0.456 e. The number of thioether (sulfide) groups is 1. The Labute approximate surface area is 155 Å². The van der Waals surface area contributed by atoms with E-state index in [0.29, 0.717) is 5.03 Å². The molecule has 2 heterocycles. The van der Waals surface area contributed by atoms with Crippen molar-refractivity contribution in [1.82, 2.24) is 4.98 Å². The molecule has 0 aliphatic carbocycles. The Balaban J connectivity index is 2.33. The number of hydrogen-bond donors (Lipinski definition) is 0. The standard InChI is InChI=1S/C17H21NO7S/c1-9-14(23-10(2)19)15(24-11(3)20)16(25-12(4)21)17(22-9)26-13-7-5-6-8-18-13/h5-9,14-17H,1-4H3. The molecule has 0 amide bonds. The van der Waals surface area contributed by atoms with Gasteiger partial charge in [-0.25, -0.2) is 4.98 Å². The Morgan fingerprint density at radius 2 is 1.54 bits per heavy atom. The van der Waals surface area contributed by atoms with Gasteiger partial charge in [-0.05, 0) is 19.1 Å². The Morgan fingerprint density at radius 1 is 0.962 bits per heavy atom. The third kappa shape index (κ3) is 5.43. The molecule has 8 nitrogen and oxygen atoms in total. The number of ether oxygens (including phenoxy) is 4. The predicted octanol–water partition coefficient (Wildman–Crippen LogP) is 1.71. The highest BCUT2D eigenvalue weighted by molar-refractivity contribution is 7.99. The molecule has 5 atom stereocenters. The maximum absolute atomic E-state index is 11.6. The Morgan fingerprint density at radius 3 is 2.08 bits per heavy atom. The molecule has 2 rings (SSSR count). The number of rotatable bonds is 5. The fraction of sp³-hybridized carbons (Fsp3) is 0.529. The molecule has 1 aliphatic heterocycles. The average molecular weight is 383 g/mol. The van der Waals surface area contributed by atoms with E-state index in [1.807, 2.05) is 6.07 Å². The summed E-state index contributed by atoms with van der Waals surface area (Å²) in [6.07, 6.45) is -1.83.